The topological polar surface area (TPSA) is 54.0 Å². The first-order chi connectivity index (χ1) is 9.03. The van der Waals surface area contributed by atoms with Crippen LogP contribution in [0.15, 0.2) is 12.1 Å². The zero-order valence-electron chi connectivity index (χ0n) is 11.4. The second kappa shape index (κ2) is 7.35. The third-order valence-electron chi connectivity index (χ3n) is 2.38. The van der Waals surface area contributed by atoms with Gasteiger partial charge in [0.25, 0.3) is 0 Å². The standard InChI is InChI=1S/C13H17BrO5/c1-8-5-10(17-3)12(11(6-8)18-4)19-13(15)9(14)7-16-2/h5-6,9H,7H2,1-4H3. The number of rotatable bonds is 6. The average molecular weight is 333 g/mol. The molecule has 106 valence electrons. The van der Waals surface area contributed by atoms with Crippen LogP contribution in [0.4, 0.5) is 0 Å². The van der Waals surface area contributed by atoms with E-state index in [1.807, 2.05) is 6.92 Å². The predicted molar refractivity (Wildman–Crippen MR) is 74.5 cm³/mol. The van der Waals surface area contributed by atoms with Crippen LogP contribution in [0.25, 0.3) is 0 Å². The van der Waals surface area contributed by atoms with E-state index in [2.05, 4.69) is 15.9 Å². The molecule has 0 amide bonds. The molecule has 0 aromatic heterocycles. The van der Waals surface area contributed by atoms with Crippen molar-refractivity contribution in [2.75, 3.05) is 27.9 Å². The maximum absolute atomic E-state index is 11.9. The van der Waals surface area contributed by atoms with Gasteiger partial charge in [-0.2, -0.15) is 0 Å². The Morgan fingerprint density at radius 2 is 1.74 bits per heavy atom. The molecule has 19 heavy (non-hydrogen) atoms. The molecule has 0 saturated heterocycles. The number of carbonyl (C=O) groups is 1. The fraction of sp³-hybridized carbons (Fsp3) is 0.462. The van der Waals surface area contributed by atoms with E-state index in [1.54, 1.807) is 12.1 Å². The van der Waals surface area contributed by atoms with Crippen LogP contribution < -0.4 is 14.2 Å². The molecule has 0 bridgehead atoms. The Balaban J connectivity index is 3.02. The lowest BCUT2D eigenvalue weighted by Gasteiger charge is -2.15. The molecule has 0 aliphatic rings. The van der Waals surface area contributed by atoms with Gasteiger partial charge in [-0.15, -0.1) is 0 Å². The lowest BCUT2D eigenvalue weighted by Crippen LogP contribution is -2.24. The molecule has 6 heteroatoms. The molecule has 1 unspecified atom stereocenters. The average Bonchev–Trinajstić information content (AvgIpc) is 2.40. The van der Waals surface area contributed by atoms with E-state index in [1.165, 1.54) is 21.3 Å². The first-order valence-corrected chi connectivity index (χ1v) is 6.52. The van der Waals surface area contributed by atoms with E-state index in [9.17, 15) is 4.79 Å². The van der Waals surface area contributed by atoms with Crippen molar-refractivity contribution in [1.82, 2.24) is 0 Å². The van der Waals surface area contributed by atoms with Crippen LogP contribution in [0.3, 0.4) is 0 Å². The van der Waals surface area contributed by atoms with Gasteiger partial charge in [-0.05, 0) is 24.6 Å². The van der Waals surface area contributed by atoms with Crippen molar-refractivity contribution in [3.05, 3.63) is 17.7 Å². The van der Waals surface area contributed by atoms with Gasteiger partial charge in [-0.1, -0.05) is 15.9 Å². The van der Waals surface area contributed by atoms with Crippen molar-refractivity contribution in [3.8, 4) is 17.2 Å². The molecule has 0 aliphatic heterocycles. The largest absolute Gasteiger partial charge is 0.493 e. The Labute approximate surface area is 120 Å². The number of benzene rings is 1. The molecule has 0 aliphatic carbocycles. The van der Waals surface area contributed by atoms with E-state index in [0.29, 0.717) is 11.5 Å². The fourth-order valence-corrected chi connectivity index (χ4v) is 1.85. The summed E-state index contributed by atoms with van der Waals surface area (Å²) in [5, 5.41) is 0. The number of aryl methyl sites for hydroxylation is 1. The molecule has 0 saturated carbocycles. The number of halogens is 1. The van der Waals surface area contributed by atoms with Gasteiger partial charge >= 0.3 is 5.97 Å². The Kier molecular flexibility index (Phi) is 6.11. The SMILES string of the molecule is COCC(Br)C(=O)Oc1c(OC)cc(C)cc1OC. The van der Waals surface area contributed by atoms with E-state index in [0.717, 1.165) is 5.56 Å². The van der Waals surface area contributed by atoms with Gasteiger partial charge in [-0.25, -0.2) is 0 Å². The summed E-state index contributed by atoms with van der Waals surface area (Å²) >= 11 is 3.19. The zero-order chi connectivity index (χ0) is 14.4. The molecule has 0 spiro atoms. The smallest absolute Gasteiger partial charge is 0.327 e. The van der Waals surface area contributed by atoms with Gasteiger partial charge in [0, 0.05) is 7.11 Å². The number of hydrogen-bond acceptors (Lipinski definition) is 5. The van der Waals surface area contributed by atoms with Crippen molar-refractivity contribution in [3.63, 3.8) is 0 Å². The predicted octanol–water partition coefficient (Wildman–Crippen LogP) is 2.33. The Hall–Kier alpha value is -1.27. The summed E-state index contributed by atoms with van der Waals surface area (Å²) in [5.74, 6) is 0.688. The normalized spacial score (nSPS) is 11.8. The van der Waals surface area contributed by atoms with Crippen LogP contribution >= 0.6 is 15.9 Å². The molecule has 0 heterocycles. The highest BCUT2D eigenvalue weighted by Crippen LogP contribution is 2.38. The van der Waals surface area contributed by atoms with Crippen LogP contribution in [0, 0.1) is 6.92 Å². The van der Waals surface area contributed by atoms with Gasteiger partial charge in [0.15, 0.2) is 11.5 Å². The molecular formula is C13H17BrO5. The summed E-state index contributed by atoms with van der Waals surface area (Å²) in [6.07, 6.45) is 0. The molecule has 1 aromatic rings. The van der Waals surface area contributed by atoms with E-state index in [-0.39, 0.29) is 12.4 Å². The quantitative estimate of drug-likeness (QED) is 0.454. The van der Waals surface area contributed by atoms with Gasteiger partial charge in [0.2, 0.25) is 5.75 Å². The van der Waals surface area contributed by atoms with Crippen LogP contribution in [0.1, 0.15) is 5.56 Å². The highest BCUT2D eigenvalue weighted by molar-refractivity contribution is 9.10. The minimum Gasteiger partial charge on any atom is -0.493 e. The third kappa shape index (κ3) is 4.11. The summed E-state index contributed by atoms with van der Waals surface area (Å²) < 4.78 is 20.6. The third-order valence-corrected chi connectivity index (χ3v) is 3.01. The molecule has 5 nitrogen and oxygen atoms in total. The first kappa shape index (κ1) is 15.8. The number of alkyl halides is 1. The molecule has 0 radical (unpaired) electrons. The van der Waals surface area contributed by atoms with Crippen molar-refractivity contribution in [2.24, 2.45) is 0 Å². The highest BCUT2D eigenvalue weighted by atomic mass is 79.9. The van der Waals surface area contributed by atoms with Crippen LogP contribution in [-0.2, 0) is 9.53 Å². The minimum atomic E-state index is -0.548. The number of hydrogen-bond donors (Lipinski definition) is 0. The van der Waals surface area contributed by atoms with Crippen LogP contribution in [0.2, 0.25) is 0 Å². The molecule has 1 atom stereocenters. The summed E-state index contributed by atoms with van der Waals surface area (Å²) in [5.41, 5.74) is 0.945. The summed E-state index contributed by atoms with van der Waals surface area (Å²) in [4.78, 5) is 11.3. The van der Waals surface area contributed by atoms with E-state index >= 15 is 0 Å². The van der Waals surface area contributed by atoms with Gasteiger partial charge in [-0.3, -0.25) is 4.79 Å². The van der Waals surface area contributed by atoms with Gasteiger partial charge in [0.05, 0.1) is 20.8 Å². The second-order valence-corrected chi connectivity index (χ2v) is 4.95. The number of carbonyl (C=O) groups excluding carboxylic acids is 1. The Morgan fingerprint density at radius 1 is 1.21 bits per heavy atom. The molecule has 1 aromatic carbocycles. The number of ether oxygens (including phenoxy) is 4. The van der Waals surface area contributed by atoms with Crippen molar-refractivity contribution < 1.29 is 23.7 Å². The van der Waals surface area contributed by atoms with Crippen molar-refractivity contribution in [2.45, 2.75) is 11.8 Å². The summed E-state index contributed by atoms with van der Waals surface area (Å²) in [6, 6.07) is 3.54. The lowest BCUT2D eigenvalue weighted by molar-refractivity contribution is -0.134. The minimum absolute atomic E-state index is 0.218. The monoisotopic (exact) mass is 332 g/mol. The van der Waals surface area contributed by atoms with Gasteiger partial charge < -0.3 is 18.9 Å². The highest BCUT2D eigenvalue weighted by Gasteiger charge is 2.22. The van der Waals surface area contributed by atoms with Crippen molar-refractivity contribution in [1.29, 1.82) is 0 Å². The van der Waals surface area contributed by atoms with Gasteiger partial charge in [0.1, 0.15) is 4.83 Å². The Morgan fingerprint density at radius 3 is 2.16 bits per heavy atom. The fourth-order valence-electron chi connectivity index (χ4n) is 1.49. The molecule has 1 rings (SSSR count). The summed E-state index contributed by atoms with van der Waals surface area (Å²) in [6.45, 7) is 2.12. The maximum Gasteiger partial charge on any atom is 0.327 e. The molecule has 0 fully saturated rings. The maximum atomic E-state index is 11.9. The number of methoxy groups -OCH3 is 3. The first-order valence-electron chi connectivity index (χ1n) is 5.60. The molecule has 0 N–H and O–H groups in total. The van der Waals surface area contributed by atoms with Crippen LogP contribution in [-0.4, -0.2) is 38.7 Å². The lowest BCUT2D eigenvalue weighted by atomic mass is 10.2. The molecular weight excluding hydrogens is 316 g/mol. The number of esters is 1. The second-order valence-electron chi connectivity index (χ2n) is 3.84. The summed E-state index contributed by atoms with van der Waals surface area (Å²) in [7, 11) is 4.52. The van der Waals surface area contributed by atoms with Crippen molar-refractivity contribution >= 4 is 21.9 Å². The Bertz CT molecular complexity index is 422. The zero-order valence-corrected chi connectivity index (χ0v) is 12.9. The van der Waals surface area contributed by atoms with Crippen LogP contribution in [0.5, 0.6) is 17.2 Å². The van der Waals surface area contributed by atoms with E-state index < -0.39 is 10.8 Å². The van der Waals surface area contributed by atoms with E-state index in [4.69, 9.17) is 18.9 Å².